The van der Waals surface area contributed by atoms with Crippen LogP contribution in [0.25, 0.3) is 0 Å². The summed E-state index contributed by atoms with van der Waals surface area (Å²) in [6, 6.07) is 0. The topological polar surface area (TPSA) is 115 Å². The first-order valence-electron chi connectivity index (χ1n) is 14.4. The summed E-state index contributed by atoms with van der Waals surface area (Å²) in [5.74, 6) is 3.37. The van der Waals surface area contributed by atoms with Crippen LogP contribution < -0.4 is 0 Å². The van der Waals surface area contributed by atoms with Crippen molar-refractivity contribution in [3.05, 3.63) is 0 Å². The van der Waals surface area contributed by atoms with Gasteiger partial charge in [0.2, 0.25) is 5.91 Å². The number of carbonyl (C=O) groups excluding carboxylic acids is 1. The van der Waals surface area contributed by atoms with Gasteiger partial charge in [-0.25, -0.2) is 0 Å². The summed E-state index contributed by atoms with van der Waals surface area (Å²) < 4.78 is 31.3. The van der Waals surface area contributed by atoms with E-state index in [-0.39, 0.29) is 31.7 Å². The van der Waals surface area contributed by atoms with Crippen molar-refractivity contribution >= 4 is 16.0 Å². The molecule has 0 aliphatic heterocycles. The van der Waals surface area contributed by atoms with Crippen molar-refractivity contribution < 1.29 is 28.0 Å². The molecule has 0 saturated heterocycles. The Balaban J connectivity index is 1.37. The van der Waals surface area contributed by atoms with Gasteiger partial charge in [0, 0.05) is 19.5 Å². The summed E-state index contributed by atoms with van der Waals surface area (Å²) in [5, 5.41) is 19.6. The first-order chi connectivity index (χ1) is 16.9. The standard InChI is InChI=1S/C28H49NO6S/c1-19(4-9-26(32)29(14-16-30)15-17-36(33,34)35)23-7-8-24-22-6-5-20-18-21(31)10-12-27(20,2)25(22)11-13-28(23,24)3/h19-25,30-31H,4-18H2,1-3H3,(H,33,34,35)/t19-,20-,21-,22+,23-,24+,25+,27+,28-/m1/s1. The van der Waals surface area contributed by atoms with Crippen molar-refractivity contribution in [2.45, 2.75) is 97.5 Å². The van der Waals surface area contributed by atoms with Crippen LogP contribution in [0.2, 0.25) is 0 Å². The van der Waals surface area contributed by atoms with Crippen molar-refractivity contribution in [1.29, 1.82) is 0 Å². The fraction of sp³-hybridized carbons (Fsp3) is 0.964. The number of hydrogen-bond acceptors (Lipinski definition) is 5. The summed E-state index contributed by atoms with van der Waals surface area (Å²) in [4.78, 5) is 14.2. The van der Waals surface area contributed by atoms with E-state index in [0.717, 1.165) is 37.0 Å². The Labute approximate surface area is 218 Å². The predicted octanol–water partition coefficient (Wildman–Crippen LogP) is 4.13. The average Bonchev–Trinajstić information content (AvgIpc) is 3.17. The number of fused-ring (bicyclic) bond motifs is 5. The van der Waals surface area contributed by atoms with Gasteiger partial charge in [-0.15, -0.1) is 0 Å². The summed E-state index contributed by atoms with van der Waals surface area (Å²) in [6.45, 7) is 7.11. The Morgan fingerprint density at radius 3 is 2.39 bits per heavy atom. The molecule has 0 heterocycles. The zero-order valence-corrected chi connectivity index (χ0v) is 23.4. The highest BCUT2D eigenvalue weighted by Gasteiger charge is 2.60. The maximum absolute atomic E-state index is 12.8. The summed E-state index contributed by atoms with van der Waals surface area (Å²) in [7, 11) is -4.15. The lowest BCUT2D eigenvalue weighted by atomic mass is 9.44. The molecule has 0 unspecified atom stereocenters. The minimum absolute atomic E-state index is 0.0876. The normalized spacial score (nSPS) is 41.2. The molecule has 208 valence electrons. The molecule has 7 nitrogen and oxygen atoms in total. The molecule has 0 aromatic rings. The Bertz CT molecular complexity index is 894. The molecule has 0 aromatic heterocycles. The van der Waals surface area contributed by atoms with Crippen LogP contribution in [0.4, 0.5) is 0 Å². The van der Waals surface area contributed by atoms with Gasteiger partial charge in [-0.05, 0) is 111 Å². The highest BCUT2D eigenvalue weighted by molar-refractivity contribution is 7.85. The zero-order chi connectivity index (χ0) is 26.3. The number of hydrogen-bond donors (Lipinski definition) is 3. The van der Waals surface area contributed by atoms with Crippen LogP contribution in [0.5, 0.6) is 0 Å². The highest BCUT2D eigenvalue weighted by Crippen LogP contribution is 2.68. The molecule has 4 rings (SSSR count). The first-order valence-corrected chi connectivity index (χ1v) is 16.0. The maximum Gasteiger partial charge on any atom is 0.266 e. The smallest absolute Gasteiger partial charge is 0.266 e. The van der Waals surface area contributed by atoms with E-state index >= 15 is 0 Å². The number of nitrogens with zero attached hydrogens (tertiary/aromatic N) is 1. The second-order valence-electron chi connectivity index (χ2n) is 13.2. The molecule has 1 amide bonds. The van der Waals surface area contributed by atoms with Crippen molar-refractivity contribution in [2.75, 3.05) is 25.4 Å². The summed E-state index contributed by atoms with van der Waals surface area (Å²) in [5.41, 5.74) is 0.703. The fourth-order valence-electron chi connectivity index (χ4n) is 9.63. The summed E-state index contributed by atoms with van der Waals surface area (Å²) in [6.07, 6.45) is 11.8. The predicted molar refractivity (Wildman–Crippen MR) is 140 cm³/mol. The van der Waals surface area contributed by atoms with E-state index in [2.05, 4.69) is 20.8 Å². The van der Waals surface area contributed by atoms with Crippen molar-refractivity contribution in [3.8, 4) is 0 Å². The van der Waals surface area contributed by atoms with E-state index in [9.17, 15) is 23.4 Å². The zero-order valence-electron chi connectivity index (χ0n) is 22.6. The van der Waals surface area contributed by atoms with E-state index < -0.39 is 15.9 Å². The van der Waals surface area contributed by atoms with Crippen LogP contribution >= 0.6 is 0 Å². The lowest BCUT2D eigenvalue weighted by molar-refractivity contribution is -0.133. The molecule has 4 fully saturated rings. The number of amides is 1. The minimum atomic E-state index is -4.15. The van der Waals surface area contributed by atoms with E-state index in [1.165, 1.54) is 49.8 Å². The second kappa shape index (κ2) is 10.8. The molecule has 4 saturated carbocycles. The summed E-state index contributed by atoms with van der Waals surface area (Å²) >= 11 is 0. The molecule has 4 aliphatic carbocycles. The van der Waals surface area contributed by atoms with Gasteiger partial charge in [0.1, 0.15) is 0 Å². The Hall–Kier alpha value is -0.700. The number of aliphatic hydroxyl groups excluding tert-OH is 2. The van der Waals surface area contributed by atoms with Crippen molar-refractivity contribution in [1.82, 2.24) is 4.90 Å². The Kier molecular flexibility index (Phi) is 8.51. The van der Waals surface area contributed by atoms with Crippen LogP contribution in [0, 0.1) is 46.3 Å². The van der Waals surface area contributed by atoms with Crippen LogP contribution in [0.1, 0.15) is 91.4 Å². The number of aliphatic hydroxyl groups is 2. The van der Waals surface area contributed by atoms with Gasteiger partial charge < -0.3 is 15.1 Å². The first kappa shape index (κ1) is 28.3. The molecule has 3 N–H and O–H groups in total. The van der Waals surface area contributed by atoms with Crippen LogP contribution in [0.3, 0.4) is 0 Å². The van der Waals surface area contributed by atoms with Gasteiger partial charge in [-0.3, -0.25) is 9.35 Å². The van der Waals surface area contributed by atoms with Crippen LogP contribution in [0.15, 0.2) is 0 Å². The average molecular weight is 528 g/mol. The van der Waals surface area contributed by atoms with Crippen molar-refractivity contribution in [2.24, 2.45) is 46.3 Å². The monoisotopic (exact) mass is 527 g/mol. The fourth-order valence-corrected chi connectivity index (χ4v) is 10.1. The SMILES string of the molecule is C[C@H](CCC(=O)N(CCO)CCS(=O)(=O)O)[C@H]1CC[C@H]2[C@@H]3CC[C@@H]4C[C@H](O)CC[C@]4(C)[C@H]3CC[C@]12C. The lowest BCUT2D eigenvalue weighted by Gasteiger charge is -2.61. The quantitative estimate of drug-likeness (QED) is 0.388. The van der Waals surface area contributed by atoms with E-state index in [1.54, 1.807) is 0 Å². The van der Waals surface area contributed by atoms with E-state index in [4.69, 9.17) is 4.55 Å². The molecular formula is C28H49NO6S. The maximum atomic E-state index is 12.8. The molecular weight excluding hydrogens is 478 g/mol. The molecule has 36 heavy (non-hydrogen) atoms. The van der Waals surface area contributed by atoms with Gasteiger partial charge >= 0.3 is 0 Å². The Morgan fingerprint density at radius 1 is 1.00 bits per heavy atom. The second-order valence-corrected chi connectivity index (χ2v) is 14.8. The third-order valence-electron chi connectivity index (χ3n) is 11.6. The largest absolute Gasteiger partial charge is 0.395 e. The number of rotatable bonds is 9. The van der Waals surface area contributed by atoms with Gasteiger partial charge in [-0.2, -0.15) is 8.42 Å². The van der Waals surface area contributed by atoms with Gasteiger partial charge in [-0.1, -0.05) is 20.8 Å². The molecule has 4 aliphatic rings. The van der Waals surface area contributed by atoms with E-state index in [1.807, 2.05) is 0 Å². The van der Waals surface area contributed by atoms with Crippen molar-refractivity contribution in [3.63, 3.8) is 0 Å². The van der Waals surface area contributed by atoms with Gasteiger partial charge in [0.25, 0.3) is 10.1 Å². The molecule has 0 bridgehead atoms. The van der Waals surface area contributed by atoms with Crippen LogP contribution in [-0.2, 0) is 14.9 Å². The molecule has 0 aromatic carbocycles. The third kappa shape index (κ3) is 5.52. The lowest BCUT2D eigenvalue weighted by Crippen LogP contribution is -2.54. The molecule has 9 atom stereocenters. The highest BCUT2D eigenvalue weighted by atomic mass is 32.2. The molecule has 8 heteroatoms. The Morgan fingerprint density at radius 2 is 1.69 bits per heavy atom. The van der Waals surface area contributed by atoms with Crippen LogP contribution in [-0.4, -0.2) is 65.5 Å². The third-order valence-corrected chi connectivity index (χ3v) is 12.3. The minimum Gasteiger partial charge on any atom is -0.395 e. The van der Waals surface area contributed by atoms with Gasteiger partial charge in [0.15, 0.2) is 0 Å². The molecule has 0 spiro atoms. The van der Waals surface area contributed by atoms with Gasteiger partial charge in [0.05, 0.1) is 18.5 Å². The number of carbonyl (C=O) groups is 1. The van der Waals surface area contributed by atoms with E-state index in [0.29, 0.717) is 35.0 Å². The molecule has 0 radical (unpaired) electrons.